The van der Waals surface area contributed by atoms with Crippen LogP contribution in [0.3, 0.4) is 0 Å². The van der Waals surface area contributed by atoms with Crippen molar-refractivity contribution in [2.45, 2.75) is 6.61 Å². The lowest BCUT2D eigenvalue weighted by molar-refractivity contribution is 0.281. The summed E-state index contributed by atoms with van der Waals surface area (Å²) in [6, 6.07) is 1.87. The minimum atomic E-state index is -0.0770. The average molecular weight is 140 g/mol. The van der Waals surface area contributed by atoms with E-state index in [-0.39, 0.29) is 6.61 Å². The molecule has 0 spiro atoms. The molecule has 0 aliphatic rings. The number of hydrogen-bond donors (Lipinski definition) is 1. The molecule has 0 radical (unpaired) electrons. The molecule has 9 heavy (non-hydrogen) atoms. The van der Waals surface area contributed by atoms with E-state index in [1.807, 2.05) is 6.07 Å². The maximum absolute atomic E-state index is 8.48. The topological polar surface area (TPSA) is 56.9 Å². The van der Waals surface area contributed by atoms with Crippen LogP contribution in [0.1, 0.15) is 10.7 Å². The molecule has 46 valence electrons. The quantitative estimate of drug-likeness (QED) is 0.618. The fourth-order valence-corrected chi connectivity index (χ4v) is 1.01. The van der Waals surface area contributed by atoms with E-state index in [1.165, 1.54) is 11.3 Å². The fourth-order valence-electron chi connectivity index (χ4n) is 0.435. The largest absolute Gasteiger partial charge is 0.389 e. The van der Waals surface area contributed by atoms with E-state index < -0.39 is 0 Å². The molecule has 1 aromatic heterocycles. The molecule has 0 aromatic carbocycles. The van der Waals surface area contributed by atoms with Gasteiger partial charge in [0.25, 0.3) is 0 Å². The van der Waals surface area contributed by atoms with E-state index in [9.17, 15) is 0 Å². The van der Waals surface area contributed by atoms with E-state index in [0.717, 1.165) is 0 Å². The van der Waals surface area contributed by atoms with Gasteiger partial charge in [-0.1, -0.05) is 0 Å². The van der Waals surface area contributed by atoms with Crippen LogP contribution in [-0.4, -0.2) is 10.1 Å². The molecule has 1 heterocycles. The Kier molecular flexibility index (Phi) is 1.78. The van der Waals surface area contributed by atoms with Gasteiger partial charge < -0.3 is 5.11 Å². The molecule has 4 heteroatoms. The summed E-state index contributed by atoms with van der Waals surface area (Å²) >= 11 is 1.29. The fraction of sp³-hybridized carbons (Fsp3) is 0.200. The lowest BCUT2D eigenvalue weighted by atomic mass is 10.6. The van der Waals surface area contributed by atoms with E-state index in [1.54, 1.807) is 5.38 Å². The minimum Gasteiger partial charge on any atom is -0.389 e. The first-order chi connectivity index (χ1) is 4.36. The van der Waals surface area contributed by atoms with Crippen molar-refractivity contribution in [3.8, 4) is 6.07 Å². The molecule has 0 aliphatic carbocycles. The van der Waals surface area contributed by atoms with Crippen molar-refractivity contribution in [3.63, 3.8) is 0 Å². The van der Waals surface area contributed by atoms with Gasteiger partial charge in [-0.3, -0.25) is 0 Å². The van der Waals surface area contributed by atoms with Crippen molar-refractivity contribution in [2.75, 3.05) is 0 Å². The summed E-state index contributed by atoms with van der Waals surface area (Å²) in [5.41, 5.74) is 0.379. The predicted octanol–water partition coefficient (Wildman–Crippen LogP) is 0.507. The summed E-state index contributed by atoms with van der Waals surface area (Å²) in [6.45, 7) is -0.0770. The molecule has 1 rings (SSSR count). The summed E-state index contributed by atoms with van der Waals surface area (Å²) in [4.78, 5) is 3.75. The zero-order valence-electron chi connectivity index (χ0n) is 4.53. The molecule has 0 fully saturated rings. The van der Waals surface area contributed by atoms with Gasteiger partial charge in [-0.25, -0.2) is 4.98 Å². The van der Waals surface area contributed by atoms with Crippen LogP contribution in [0.15, 0.2) is 5.38 Å². The van der Waals surface area contributed by atoms with Crippen molar-refractivity contribution >= 4 is 11.3 Å². The third-order valence-electron chi connectivity index (χ3n) is 0.802. The Morgan fingerprint density at radius 1 is 1.89 bits per heavy atom. The first-order valence-corrected chi connectivity index (χ1v) is 3.20. The van der Waals surface area contributed by atoms with Crippen LogP contribution >= 0.6 is 11.3 Å². The van der Waals surface area contributed by atoms with Crippen LogP contribution in [-0.2, 0) is 6.61 Å². The highest BCUT2D eigenvalue weighted by Crippen LogP contribution is 2.07. The summed E-state index contributed by atoms with van der Waals surface area (Å²) in [7, 11) is 0. The zero-order valence-corrected chi connectivity index (χ0v) is 5.35. The zero-order chi connectivity index (χ0) is 6.69. The van der Waals surface area contributed by atoms with Crippen LogP contribution < -0.4 is 0 Å². The molecule has 0 amide bonds. The van der Waals surface area contributed by atoms with Crippen LogP contribution in [0.5, 0.6) is 0 Å². The maximum atomic E-state index is 8.48. The van der Waals surface area contributed by atoms with Gasteiger partial charge in [-0.2, -0.15) is 5.26 Å². The first-order valence-electron chi connectivity index (χ1n) is 2.32. The second-order valence-corrected chi connectivity index (χ2v) is 2.34. The number of hydrogen-bond acceptors (Lipinski definition) is 4. The Morgan fingerprint density at radius 3 is 3.00 bits per heavy atom. The van der Waals surface area contributed by atoms with Crippen LogP contribution in [0.25, 0.3) is 0 Å². The Labute approximate surface area is 56.2 Å². The number of aliphatic hydroxyl groups excluding tert-OH is 1. The number of nitrogens with zero attached hydrogens (tertiary/aromatic N) is 2. The molecule has 3 nitrogen and oxygen atoms in total. The first kappa shape index (κ1) is 6.20. The van der Waals surface area contributed by atoms with Gasteiger partial charge in [0.2, 0.25) is 0 Å². The van der Waals surface area contributed by atoms with Crippen LogP contribution in [0.4, 0.5) is 0 Å². The second-order valence-electron chi connectivity index (χ2n) is 1.40. The highest BCUT2D eigenvalue weighted by Gasteiger charge is 1.96. The molecule has 0 atom stereocenters. The molecular weight excluding hydrogens is 136 g/mol. The van der Waals surface area contributed by atoms with Gasteiger partial charge in [0.1, 0.15) is 11.1 Å². The van der Waals surface area contributed by atoms with Gasteiger partial charge in [0, 0.05) is 5.38 Å². The van der Waals surface area contributed by atoms with Gasteiger partial charge in [0.15, 0.2) is 5.69 Å². The van der Waals surface area contributed by atoms with Gasteiger partial charge in [-0.15, -0.1) is 11.3 Å². The molecule has 0 unspecified atom stereocenters. The van der Waals surface area contributed by atoms with Gasteiger partial charge in [-0.05, 0) is 0 Å². The Morgan fingerprint density at radius 2 is 2.67 bits per heavy atom. The summed E-state index contributed by atoms with van der Waals surface area (Å²) in [6.07, 6.45) is 0. The average Bonchev–Trinajstić information content (AvgIpc) is 2.34. The summed E-state index contributed by atoms with van der Waals surface area (Å²) in [5.74, 6) is 0. The number of aliphatic hydroxyl groups is 1. The smallest absolute Gasteiger partial charge is 0.151 e. The molecular formula is C5H4N2OS. The van der Waals surface area contributed by atoms with E-state index in [2.05, 4.69) is 4.98 Å². The third kappa shape index (κ3) is 1.25. The standard InChI is InChI=1S/C5H4N2OS/c6-1-4-3-9-5(2-8)7-4/h3,8H,2H2. The van der Waals surface area contributed by atoms with E-state index in [4.69, 9.17) is 10.4 Å². The molecule has 1 N–H and O–H groups in total. The van der Waals surface area contributed by atoms with Crippen LogP contribution in [0, 0.1) is 11.3 Å². The number of aromatic nitrogens is 1. The molecule has 1 aromatic rings. The lowest BCUT2D eigenvalue weighted by Gasteiger charge is -1.78. The third-order valence-corrected chi connectivity index (χ3v) is 1.64. The number of nitriles is 1. The summed E-state index contributed by atoms with van der Waals surface area (Å²) in [5, 5.41) is 18.9. The molecule has 0 saturated heterocycles. The Bertz CT molecular complexity index is 237. The SMILES string of the molecule is N#Cc1csc(CO)n1. The molecule has 0 bridgehead atoms. The second kappa shape index (κ2) is 2.58. The minimum absolute atomic E-state index is 0.0770. The van der Waals surface area contributed by atoms with Crippen LogP contribution in [0.2, 0.25) is 0 Å². The van der Waals surface area contributed by atoms with E-state index >= 15 is 0 Å². The van der Waals surface area contributed by atoms with Gasteiger partial charge in [0.05, 0.1) is 6.61 Å². The number of thiazole rings is 1. The monoisotopic (exact) mass is 140 g/mol. The van der Waals surface area contributed by atoms with Gasteiger partial charge >= 0.3 is 0 Å². The Balaban J connectivity index is 2.90. The Hall–Kier alpha value is -0.920. The summed E-state index contributed by atoms with van der Waals surface area (Å²) < 4.78 is 0. The van der Waals surface area contributed by atoms with Crippen molar-refractivity contribution in [1.82, 2.24) is 4.98 Å². The predicted molar refractivity (Wildman–Crippen MR) is 32.8 cm³/mol. The van der Waals surface area contributed by atoms with Crippen molar-refractivity contribution in [1.29, 1.82) is 5.26 Å². The molecule has 0 aliphatic heterocycles. The number of rotatable bonds is 1. The van der Waals surface area contributed by atoms with Crippen molar-refractivity contribution in [3.05, 3.63) is 16.1 Å². The van der Waals surface area contributed by atoms with E-state index in [0.29, 0.717) is 10.7 Å². The lowest BCUT2D eigenvalue weighted by Crippen LogP contribution is -1.79. The van der Waals surface area contributed by atoms with Crippen molar-refractivity contribution < 1.29 is 5.11 Å². The normalized spacial score (nSPS) is 8.89. The molecule has 0 saturated carbocycles. The maximum Gasteiger partial charge on any atom is 0.151 e. The van der Waals surface area contributed by atoms with Crippen molar-refractivity contribution in [2.24, 2.45) is 0 Å². The highest BCUT2D eigenvalue weighted by atomic mass is 32.1. The highest BCUT2D eigenvalue weighted by molar-refractivity contribution is 7.09.